The number of halogens is 1. The van der Waals surface area contributed by atoms with E-state index in [1.807, 2.05) is 0 Å². The lowest BCUT2D eigenvalue weighted by Crippen LogP contribution is -2.34. The maximum atomic E-state index is 12.6. The van der Waals surface area contributed by atoms with Crippen molar-refractivity contribution in [2.45, 2.75) is 24.8 Å². The highest BCUT2D eigenvalue weighted by Gasteiger charge is 2.56. The summed E-state index contributed by atoms with van der Waals surface area (Å²) in [6.07, 6.45) is 2.14. The van der Waals surface area contributed by atoms with Gasteiger partial charge in [-0.15, -0.1) is 0 Å². The second kappa shape index (κ2) is 4.59. The Bertz CT molecular complexity index is 623. The van der Waals surface area contributed by atoms with Crippen LogP contribution >= 0.6 is 11.6 Å². The van der Waals surface area contributed by atoms with Crippen LogP contribution in [-0.2, 0) is 9.53 Å². The van der Waals surface area contributed by atoms with Gasteiger partial charge in [-0.1, -0.05) is 23.7 Å². The van der Waals surface area contributed by atoms with Crippen LogP contribution in [0, 0.1) is 0 Å². The van der Waals surface area contributed by atoms with Crippen molar-refractivity contribution in [3.63, 3.8) is 0 Å². The fourth-order valence-electron chi connectivity index (χ4n) is 2.42. The van der Waals surface area contributed by atoms with Gasteiger partial charge in [0.25, 0.3) is 5.91 Å². The molecule has 1 amide bonds. The van der Waals surface area contributed by atoms with E-state index in [2.05, 4.69) is 9.84 Å². The first-order valence-electron chi connectivity index (χ1n) is 6.32. The lowest BCUT2D eigenvalue weighted by atomic mass is 10.1. The molecule has 3 rings (SSSR count). The highest BCUT2D eigenvalue weighted by Crippen LogP contribution is 2.49. The Balaban J connectivity index is 1.93. The number of rotatable bonds is 2. The summed E-state index contributed by atoms with van der Waals surface area (Å²) in [4.78, 5) is 24.1. The first kappa shape index (κ1) is 13.1. The molecule has 1 saturated carbocycles. The van der Waals surface area contributed by atoms with Gasteiger partial charge in [-0.3, -0.25) is 4.79 Å². The van der Waals surface area contributed by atoms with Crippen LogP contribution in [0.15, 0.2) is 29.4 Å². The molecule has 1 aromatic carbocycles. The predicted molar refractivity (Wildman–Crippen MR) is 73.7 cm³/mol. The van der Waals surface area contributed by atoms with Gasteiger partial charge in [0.1, 0.15) is 5.71 Å². The van der Waals surface area contributed by atoms with E-state index in [1.54, 1.807) is 24.3 Å². The topological polar surface area (TPSA) is 59.0 Å². The largest absolute Gasteiger partial charge is 0.464 e. The molecule has 0 unspecified atom stereocenters. The number of nitrogens with zero attached hydrogens (tertiary/aromatic N) is 2. The average molecular weight is 293 g/mol. The molecule has 1 aromatic rings. The normalized spacial score (nSPS) is 18.9. The van der Waals surface area contributed by atoms with E-state index >= 15 is 0 Å². The number of benzene rings is 1. The van der Waals surface area contributed by atoms with Crippen LogP contribution in [0.4, 0.5) is 0 Å². The summed E-state index contributed by atoms with van der Waals surface area (Å²) >= 11 is 6.05. The van der Waals surface area contributed by atoms with Gasteiger partial charge in [0.2, 0.25) is 0 Å². The van der Waals surface area contributed by atoms with Crippen LogP contribution in [0.1, 0.15) is 29.6 Å². The van der Waals surface area contributed by atoms with Gasteiger partial charge < -0.3 is 4.74 Å². The van der Waals surface area contributed by atoms with Crippen LogP contribution in [-0.4, -0.2) is 35.2 Å². The Morgan fingerprint density at radius 3 is 2.65 bits per heavy atom. The fourth-order valence-corrected chi connectivity index (χ4v) is 2.64. The van der Waals surface area contributed by atoms with E-state index in [9.17, 15) is 9.59 Å². The molecule has 0 atom stereocenters. The van der Waals surface area contributed by atoms with Crippen molar-refractivity contribution >= 4 is 29.2 Å². The third kappa shape index (κ3) is 1.98. The number of hydrogen-bond acceptors (Lipinski definition) is 4. The van der Waals surface area contributed by atoms with Crippen LogP contribution in [0.5, 0.6) is 0 Å². The molecule has 1 fully saturated rings. The predicted octanol–water partition coefficient (Wildman–Crippen LogP) is 2.25. The van der Waals surface area contributed by atoms with Gasteiger partial charge in [-0.05, 0) is 25.0 Å². The van der Waals surface area contributed by atoms with Crippen molar-refractivity contribution in [3.05, 3.63) is 34.9 Å². The third-order valence-corrected chi connectivity index (χ3v) is 4.04. The van der Waals surface area contributed by atoms with E-state index in [-0.39, 0.29) is 11.4 Å². The molecule has 0 bridgehead atoms. The highest BCUT2D eigenvalue weighted by atomic mass is 35.5. The van der Waals surface area contributed by atoms with Crippen LogP contribution in [0.25, 0.3) is 0 Å². The van der Waals surface area contributed by atoms with Crippen molar-refractivity contribution < 1.29 is 14.3 Å². The fraction of sp³-hybridized carbons (Fsp3) is 0.357. The van der Waals surface area contributed by atoms with E-state index < -0.39 is 5.97 Å². The molecule has 0 radical (unpaired) electrons. The monoisotopic (exact) mass is 292 g/mol. The zero-order valence-corrected chi connectivity index (χ0v) is 11.7. The first-order chi connectivity index (χ1) is 9.57. The van der Waals surface area contributed by atoms with E-state index in [0.29, 0.717) is 22.7 Å². The van der Waals surface area contributed by atoms with E-state index in [4.69, 9.17) is 11.6 Å². The van der Waals surface area contributed by atoms with Crippen molar-refractivity contribution in [3.8, 4) is 0 Å². The van der Waals surface area contributed by atoms with Gasteiger partial charge in [0.05, 0.1) is 23.2 Å². The summed E-state index contributed by atoms with van der Waals surface area (Å²) in [6, 6.07) is 6.83. The second-order valence-corrected chi connectivity index (χ2v) is 5.44. The Hall–Kier alpha value is -1.88. The maximum absolute atomic E-state index is 12.6. The number of methoxy groups -OCH3 is 1. The van der Waals surface area contributed by atoms with Crippen LogP contribution in [0.2, 0.25) is 5.02 Å². The van der Waals surface area contributed by atoms with Crippen molar-refractivity contribution in [2.75, 3.05) is 7.11 Å². The van der Waals surface area contributed by atoms with Crippen molar-refractivity contribution in [1.82, 2.24) is 5.01 Å². The van der Waals surface area contributed by atoms with Gasteiger partial charge in [0.15, 0.2) is 0 Å². The molecule has 20 heavy (non-hydrogen) atoms. The van der Waals surface area contributed by atoms with Gasteiger partial charge in [-0.2, -0.15) is 5.10 Å². The van der Waals surface area contributed by atoms with E-state index in [0.717, 1.165) is 12.8 Å². The molecule has 0 N–H and O–H groups in total. The maximum Gasteiger partial charge on any atom is 0.354 e. The lowest BCUT2D eigenvalue weighted by Gasteiger charge is -2.21. The molecule has 1 aliphatic heterocycles. The van der Waals surface area contributed by atoms with Gasteiger partial charge in [0, 0.05) is 6.42 Å². The molecular weight excluding hydrogens is 280 g/mol. The molecule has 1 spiro atoms. The van der Waals surface area contributed by atoms with Gasteiger partial charge >= 0.3 is 5.97 Å². The quantitative estimate of drug-likeness (QED) is 0.786. The SMILES string of the molecule is COC(=O)C1=NN(C(=O)c2ccccc2Cl)C2(CC2)C1. The molecule has 5 nitrogen and oxygen atoms in total. The standard InChI is InChI=1S/C14H13ClN2O3/c1-20-13(19)11-8-14(6-7-14)17(16-11)12(18)9-4-2-3-5-10(9)15/h2-5H,6-8H2,1H3. The molecular formula is C14H13ClN2O3. The number of esters is 1. The zero-order valence-electron chi connectivity index (χ0n) is 10.9. The van der Waals surface area contributed by atoms with E-state index in [1.165, 1.54) is 12.1 Å². The van der Waals surface area contributed by atoms with Crippen LogP contribution in [0.3, 0.4) is 0 Å². The molecule has 2 aliphatic rings. The summed E-state index contributed by atoms with van der Waals surface area (Å²) in [7, 11) is 1.31. The number of hydrogen-bond donors (Lipinski definition) is 0. The van der Waals surface area contributed by atoms with Crippen molar-refractivity contribution in [1.29, 1.82) is 0 Å². The third-order valence-electron chi connectivity index (χ3n) is 3.71. The summed E-state index contributed by atoms with van der Waals surface area (Å²) in [5, 5.41) is 5.95. The summed E-state index contributed by atoms with van der Waals surface area (Å²) in [6.45, 7) is 0. The Morgan fingerprint density at radius 1 is 1.35 bits per heavy atom. The number of carbonyl (C=O) groups is 2. The minimum absolute atomic E-state index is 0.271. The average Bonchev–Trinajstić information content (AvgIpc) is 3.11. The number of amides is 1. The smallest absolute Gasteiger partial charge is 0.354 e. The lowest BCUT2D eigenvalue weighted by molar-refractivity contribution is -0.132. The first-order valence-corrected chi connectivity index (χ1v) is 6.70. The zero-order chi connectivity index (χ0) is 14.3. The second-order valence-electron chi connectivity index (χ2n) is 5.04. The van der Waals surface area contributed by atoms with Gasteiger partial charge in [-0.25, -0.2) is 9.80 Å². The summed E-state index contributed by atoms with van der Waals surface area (Å²) in [5.74, 6) is -0.752. The highest BCUT2D eigenvalue weighted by molar-refractivity contribution is 6.38. The number of carbonyl (C=O) groups excluding carboxylic acids is 2. The minimum atomic E-state index is -0.481. The Kier molecular flexibility index (Phi) is 3.01. The number of hydrazone groups is 1. The summed E-state index contributed by atoms with van der Waals surface area (Å²) in [5.41, 5.74) is 0.348. The number of ether oxygens (including phenoxy) is 1. The minimum Gasteiger partial charge on any atom is -0.464 e. The van der Waals surface area contributed by atoms with Crippen LogP contribution < -0.4 is 0 Å². The molecule has 0 saturated heterocycles. The molecule has 0 aromatic heterocycles. The molecule has 1 aliphatic carbocycles. The van der Waals surface area contributed by atoms with Crippen molar-refractivity contribution in [2.24, 2.45) is 5.10 Å². The molecule has 104 valence electrons. The Morgan fingerprint density at radius 2 is 2.05 bits per heavy atom. The molecule has 6 heteroatoms. The molecule has 1 heterocycles. The Labute approximate surface area is 121 Å². The summed E-state index contributed by atoms with van der Waals surface area (Å²) < 4.78 is 4.68.